The lowest BCUT2D eigenvalue weighted by atomic mass is 10.0. The van der Waals surface area contributed by atoms with E-state index < -0.39 is 0 Å². The molecule has 2 nitrogen and oxygen atoms in total. The van der Waals surface area contributed by atoms with Gasteiger partial charge in [-0.15, -0.1) is 11.8 Å². The Morgan fingerprint density at radius 3 is 2.39 bits per heavy atom. The van der Waals surface area contributed by atoms with Crippen molar-refractivity contribution in [3.63, 3.8) is 0 Å². The van der Waals surface area contributed by atoms with Gasteiger partial charge < -0.3 is 9.47 Å². The molecule has 0 aromatic heterocycles. The van der Waals surface area contributed by atoms with E-state index in [1.165, 1.54) is 4.90 Å². The second kappa shape index (κ2) is 8.23. The molecule has 0 radical (unpaired) electrons. The van der Waals surface area contributed by atoms with Crippen molar-refractivity contribution in [3.05, 3.63) is 72.8 Å². The summed E-state index contributed by atoms with van der Waals surface area (Å²) in [6, 6.07) is 20.5. The fourth-order valence-electron chi connectivity index (χ4n) is 2.59. The lowest BCUT2D eigenvalue weighted by Crippen LogP contribution is -2.28. The molecule has 2 aromatic carbocycles. The summed E-state index contributed by atoms with van der Waals surface area (Å²) in [5, 5.41) is 0. The highest BCUT2D eigenvalue weighted by Crippen LogP contribution is 2.28. The van der Waals surface area contributed by atoms with Crippen LogP contribution in [0.5, 0.6) is 0 Å². The molecular weight excluding hydrogens is 304 g/mol. The zero-order valence-electron chi connectivity index (χ0n) is 13.2. The van der Waals surface area contributed by atoms with E-state index in [4.69, 9.17) is 9.47 Å². The maximum absolute atomic E-state index is 5.87. The van der Waals surface area contributed by atoms with Crippen LogP contribution in [0.1, 0.15) is 18.4 Å². The van der Waals surface area contributed by atoms with Gasteiger partial charge in [0.2, 0.25) is 0 Å². The fraction of sp³-hybridized carbons (Fsp3) is 0.300. The van der Waals surface area contributed by atoms with Gasteiger partial charge in [0.15, 0.2) is 6.29 Å². The zero-order chi connectivity index (χ0) is 15.9. The Morgan fingerprint density at radius 2 is 1.74 bits per heavy atom. The summed E-state index contributed by atoms with van der Waals surface area (Å²) in [6.07, 6.45) is 1.89. The Morgan fingerprint density at radius 1 is 1.04 bits per heavy atom. The molecule has 0 amide bonds. The van der Waals surface area contributed by atoms with Gasteiger partial charge in [0.05, 0.1) is 6.61 Å². The monoisotopic (exact) mass is 326 g/mol. The van der Waals surface area contributed by atoms with E-state index in [1.807, 2.05) is 42.1 Å². The van der Waals surface area contributed by atoms with E-state index in [1.54, 1.807) is 0 Å². The Labute approximate surface area is 142 Å². The molecule has 2 aromatic rings. The number of hydrogen-bond donors (Lipinski definition) is 0. The minimum Gasteiger partial charge on any atom is -0.465 e. The predicted molar refractivity (Wildman–Crippen MR) is 96.2 cm³/mol. The Balaban J connectivity index is 1.41. The molecule has 0 saturated carbocycles. The van der Waals surface area contributed by atoms with Gasteiger partial charge >= 0.3 is 0 Å². The van der Waals surface area contributed by atoms with Gasteiger partial charge in [-0.05, 0) is 24.5 Å². The van der Waals surface area contributed by atoms with Gasteiger partial charge in [-0.1, -0.05) is 55.1 Å². The second-order valence-corrected chi connectivity index (χ2v) is 6.83. The quantitative estimate of drug-likeness (QED) is 0.536. The molecule has 2 atom stereocenters. The number of hydrogen-bond acceptors (Lipinski definition) is 3. The van der Waals surface area contributed by atoms with Crippen molar-refractivity contribution < 1.29 is 9.47 Å². The second-order valence-electron chi connectivity index (χ2n) is 5.74. The average Bonchev–Trinajstić information content (AvgIpc) is 2.63. The zero-order valence-corrected chi connectivity index (χ0v) is 14.0. The molecule has 0 bridgehead atoms. The summed E-state index contributed by atoms with van der Waals surface area (Å²) in [5.41, 5.74) is 1.01. The maximum atomic E-state index is 5.87. The SMILES string of the molecule is C=C(O[C@H]1CC[C@@H](CSc2ccccc2)CO1)c1ccccc1. The third-order valence-corrected chi connectivity index (χ3v) is 5.17. The third-order valence-electron chi connectivity index (χ3n) is 3.93. The van der Waals surface area contributed by atoms with Crippen LogP contribution >= 0.6 is 11.8 Å². The minimum absolute atomic E-state index is 0.166. The largest absolute Gasteiger partial charge is 0.465 e. The highest BCUT2D eigenvalue weighted by atomic mass is 32.2. The molecule has 3 rings (SSSR count). The van der Waals surface area contributed by atoms with Crippen molar-refractivity contribution in [2.75, 3.05) is 12.4 Å². The summed E-state index contributed by atoms with van der Waals surface area (Å²) in [6.45, 7) is 4.76. The van der Waals surface area contributed by atoms with Crippen LogP contribution in [-0.4, -0.2) is 18.6 Å². The van der Waals surface area contributed by atoms with Crippen molar-refractivity contribution in [2.24, 2.45) is 5.92 Å². The van der Waals surface area contributed by atoms with Crippen molar-refractivity contribution in [1.82, 2.24) is 0 Å². The highest BCUT2D eigenvalue weighted by Gasteiger charge is 2.23. The van der Waals surface area contributed by atoms with E-state index in [-0.39, 0.29) is 6.29 Å². The van der Waals surface area contributed by atoms with Gasteiger partial charge in [0, 0.05) is 22.6 Å². The first kappa shape index (κ1) is 16.2. The minimum atomic E-state index is -0.166. The lowest BCUT2D eigenvalue weighted by Gasteiger charge is -2.29. The van der Waals surface area contributed by atoms with E-state index in [0.717, 1.165) is 30.8 Å². The van der Waals surface area contributed by atoms with Crippen LogP contribution < -0.4 is 0 Å². The van der Waals surface area contributed by atoms with Crippen molar-refractivity contribution >= 4 is 17.5 Å². The molecule has 1 heterocycles. The van der Waals surface area contributed by atoms with Gasteiger partial charge in [-0.2, -0.15) is 0 Å². The van der Waals surface area contributed by atoms with Gasteiger partial charge in [-0.25, -0.2) is 0 Å². The van der Waals surface area contributed by atoms with E-state index in [2.05, 4.69) is 36.9 Å². The smallest absolute Gasteiger partial charge is 0.199 e. The molecule has 0 spiro atoms. The van der Waals surface area contributed by atoms with Crippen LogP contribution in [-0.2, 0) is 9.47 Å². The third kappa shape index (κ3) is 4.88. The maximum Gasteiger partial charge on any atom is 0.199 e. The molecule has 1 aliphatic heterocycles. The summed E-state index contributed by atoms with van der Waals surface area (Å²) >= 11 is 1.90. The van der Waals surface area contributed by atoms with Crippen LogP contribution in [0.4, 0.5) is 0 Å². The van der Waals surface area contributed by atoms with E-state index in [9.17, 15) is 0 Å². The molecule has 0 aliphatic carbocycles. The summed E-state index contributed by atoms with van der Waals surface area (Å²) in [4.78, 5) is 1.32. The number of thioether (sulfide) groups is 1. The van der Waals surface area contributed by atoms with E-state index in [0.29, 0.717) is 11.7 Å². The van der Waals surface area contributed by atoms with Gasteiger partial charge in [0.25, 0.3) is 0 Å². The standard InChI is InChI=1S/C20H22O2S/c1-16(18-8-4-2-5-9-18)22-20-13-12-17(14-21-20)15-23-19-10-6-3-7-11-19/h2-11,17,20H,1,12-15H2/t17-,20+/m1/s1. The molecule has 23 heavy (non-hydrogen) atoms. The topological polar surface area (TPSA) is 18.5 Å². The molecule has 1 fully saturated rings. The molecular formula is C20H22O2S. The number of ether oxygens (including phenoxy) is 2. The summed E-state index contributed by atoms with van der Waals surface area (Å²) in [7, 11) is 0. The number of benzene rings is 2. The van der Waals surface area contributed by atoms with Crippen LogP contribution in [0, 0.1) is 5.92 Å². The Bertz CT molecular complexity index is 604. The van der Waals surface area contributed by atoms with Crippen LogP contribution in [0.15, 0.2) is 72.1 Å². The van der Waals surface area contributed by atoms with Crippen molar-refractivity contribution in [1.29, 1.82) is 0 Å². The van der Waals surface area contributed by atoms with Crippen LogP contribution in [0.2, 0.25) is 0 Å². The first-order chi connectivity index (χ1) is 11.3. The number of rotatable bonds is 6. The predicted octanol–water partition coefficient (Wildman–Crippen LogP) is 5.22. The average molecular weight is 326 g/mol. The fourth-order valence-corrected chi connectivity index (χ4v) is 3.63. The molecule has 1 saturated heterocycles. The highest BCUT2D eigenvalue weighted by molar-refractivity contribution is 7.99. The van der Waals surface area contributed by atoms with Crippen molar-refractivity contribution in [3.8, 4) is 0 Å². The molecule has 0 N–H and O–H groups in total. The van der Waals surface area contributed by atoms with Crippen LogP contribution in [0.25, 0.3) is 5.76 Å². The molecule has 1 aliphatic rings. The normalized spacial score (nSPS) is 20.9. The van der Waals surface area contributed by atoms with Crippen LogP contribution in [0.3, 0.4) is 0 Å². The van der Waals surface area contributed by atoms with Gasteiger partial charge in [0.1, 0.15) is 5.76 Å². The molecule has 0 unspecified atom stereocenters. The summed E-state index contributed by atoms with van der Waals surface area (Å²) < 4.78 is 11.7. The molecule has 3 heteroatoms. The Hall–Kier alpha value is -1.71. The Kier molecular flexibility index (Phi) is 5.78. The summed E-state index contributed by atoms with van der Waals surface area (Å²) in [5.74, 6) is 2.37. The first-order valence-electron chi connectivity index (χ1n) is 8.01. The lowest BCUT2D eigenvalue weighted by molar-refractivity contribution is -0.134. The van der Waals surface area contributed by atoms with Gasteiger partial charge in [-0.3, -0.25) is 0 Å². The first-order valence-corrected chi connectivity index (χ1v) is 9.00. The van der Waals surface area contributed by atoms with Crippen molar-refractivity contribution in [2.45, 2.75) is 24.0 Å². The molecule has 120 valence electrons. The van der Waals surface area contributed by atoms with E-state index >= 15 is 0 Å².